The maximum atomic E-state index is 6.27. The second-order valence-electron chi connectivity index (χ2n) is 4.08. The van der Waals surface area contributed by atoms with Gasteiger partial charge in [-0.1, -0.05) is 25.5 Å². The molecule has 1 aliphatic rings. The summed E-state index contributed by atoms with van der Waals surface area (Å²) >= 11 is 0. The predicted octanol–water partition coefficient (Wildman–Crippen LogP) is 2.28. The van der Waals surface area contributed by atoms with Gasteiger partial charge < -0.3 is 10.5 Å². The molecule has 2 unspecified atom stereocenters. The molecule has 2 nitrogen and oxygen atoms in total. The van der Waals surface area contributed by atoms with Crippen molar-refractivity contribution in [2.45, 2.75) is 25.3 Å². The first-order chi connectivity index (χ1) is 6.70. The average Bonchev–Trinajstić information content (AvgIpc) is 2.91. The highest BCUT2D eigenvalue weighted by Gasteiger charge is 2.50. The van der Waals surface area contributed by atoms with Crippen LogP contribution < -0.4 is 10.5 Å². The molecule has 1 saturated carbocycles. The van der Waals surface area contributed by atoms with Gasteiger partial charge in [0, 0.05) is 5.54 Å². The van der Waals surface area contributed by atoms with Crippen molar-refractivity contribution in [2.75, 3.05) is 7.11 Å². The third-order valence-electron chi connectivity index (χ3n) is 3.27. The van der Waals surface area contributed by atoms with Crippen molar-refractivity contribution in [3.63, 3.8) is 0 Å². The van der Waals surface area contributed by atoms with Crippen molar-refractivity contribution in [1.29, 1.82) is 0 Å². The van der Waals surface area contributed by atoms with E-state index in [4.69, 9.17) is 10.5 Å². The van der Waals surface area contributed by atoms with Gasteiger partial charge in [0.1, 0.15) is 5.75 Å². The van der Waals surface area contributed by atoms with Crippen LogP contribution in [-0.2, 0) is 5.54 Å². The minimum atomic E-state index is -0.0545. The Balaban J connectivity index is 2.18. The molecule has 76 valence electrons. The van der Waals surface area contributed by atoms with Crippen molar-refractivity contribution < 1.29 is 4.74 Å². The van der Waals surface area contributed by atoms with Crippen LogP contribution in [0, 0.1) is 5.92 Å². The molecule has 0 radical (unpaired) electrons. The molecule has 0 aliphatic heterocycles. The van der Waals surface area contributed by atoms with Gasteiger partial charge in [0.15, 0.2) is 0 Å². The van der Waals surface area contributed by atoms with Gasteiger partial charge in [-0.3, -0.25) is 0 Å². The molecule has 2 N–H and O–H groups in total. The molecule has 0 amide bonds. The van der Waals surface area contributed by atoms with Gasteiger partial charge in [0.2, 0.25) is 0 Å². The minimum Gasteiger partial charge on any atom is -0.497 e. The molecular formula is C12H17NO. The summed E-state index contributed by atoms with van der Waals surface area (Å²) in [5.41, 5.74) is 7.46. The number of benzene rings is 1. The van der Waals surface area contributed by atoms with Gasteiger partial charge in [0.05, 0.1) is 7.11 Å². The van der Waals surface area contributed by atoms with E-state index in [1.807, 2.05) is 12.1 Å². The van der Waals surface area contributed by atoms with Gasteiger partial charge in [-0.2, -0.15) is 0 Å². The van der Waals surface area contributed by atoms with Gasteiger partial charge >= 0.3 is 0 Å². The number of ether oxygens (including phenoxy) is 1. The highest BCUT2D eigenvalue weighted by molar-refractivity contribution is 5.36. The lowest BCUT2D eigenvalue weighted by Crippen LogP contribution is -2.21. The van der Waals surface area contributed by atoms with Crippen molar-refractivity contribution >= 4 is 0 Å². The summed E-state index contributed by atoms with van der Waals surface area (Å²) in [6.07, 6.45) is 2.29. The predicted molar refractivity (Wildman–Crippen MR) is 57.3 cm³/mol. The fourth-order valence-corrected chi connectivity index (χ4v) is 2.11. The zero-order valence-corrected chi connectivity index (χ0v) is 8.79. The maximum Gasteiger partial charge on any atom is 0.118 e. The minimum absolute atomic E-state index is 0.0545. The van der Waals surface area contributed by atoms with Gasteiger partial charge in [-0.15, -0.1) is 0 Å². The Hall–Kier alpha value is -1.02. The molecule has 14 heavy (non-hydrogen) atoms. The molecule has 1 aromatic carbocycles. The van der Waals surface area contributed by atoms with Crippen LogP contribution in [0.25, 0.3) is 0 Å². The zero-order valence-electron chi connectivity index (χ0n) is 8.79. The van der Waals surface area contributed by atoms with E-state index in [1.54, 1.807) is 7.11 Å². The van der Waals surface area contributed by atoms with E-state index in [1.165, 1.54) is 12.0 Å². The summed E-state index contributed by atoms with van der Waals surface area (Å²) < 4.78 is 5.11. The van der Waals surface area contributed by atoms with Gasteiger partial charge in [-0.25, -0.2) is 0 Å². The molecule has 1 aliphatic carbocycles. The number of hydrogen-bond donors (Lipinski definition) is 1. The summed E-state index contributed by atoms with van der Waals surface area (Å²) in [7, 11) is 1.68. The molecule has 0 bridgehead atoms. The highest BCUT2D eigenvalue weighted by atomic mass is 16.5. The first-order valence-electron chi connectivity index (χ1n) is 5.14. The zero-order chi connectivity index (χ0) is 10.2. The number of rotatable bonds is 3. The van der Waals surface area contributed by atoms with E-state index in [0.717, 1.165) is 12.2 Å². The van der Waals surface area contributed by atoms with Crippen LogP contribution in [0.4, 0.5) is 0 Å². The van der Waals surface area contributed by atoms with Crippen LogP contribution in [0.5, 0.6) is 5.75 Å². The molecule has 2 heteroatoms. The molecule has 0 aromatic heterocycles. The lowest BCUT2D eigenvalue weighted by atomic mass is 10.0. The Kier molecular flexibility index (Phi) is 2.23. The van der Waals surface area contributed by atoms with Crippen molar-refractivity contribution in [2.24, 2.45) is 11.7 Å². The third kappa shape index (κ3) is 1.40. The van der Waals surface area contributed by atoms with E-state index in [9.17, 15) is 0 Å². The van der Waals surface area contributed by atoms with E-state index < -0.39 is 0 Å². The normalized spacial score (nSPS) is 30.1. The number of hydrogen-bond acceptors (Lipinski definition) is 2. The second-order valence-corrected chi connectivity index (χ2v) is 4.08. The van der Waals surface area contributed by atoms with E-state index in [-0.39, 0.29) is 5.54 Å². The Morgan fingerprint density at radius 2 is 2.07 bits per heavy atom. The first-order valence-corrected chi connectivity index (χ1v) is 5.14. The molecule has 2 atom stereocenters. The summed E-state index contributed by atoms with van der Waals surface area (Å²) in [6.45, 7) is 2.20. The van der Waals surface area contributed by atoms with Crippen LogP contribution >= 0.6 is 0 Å². The Morgan fingerprint density at radius 1 is 1.43 bits per heavy atom. The van der Waals surface area contributed by atoms with Crippen LogP contribution in [0.15, 0.2) is 24.3 Å². The van der Waals surface area contributed by atoms with Gasteiger partial charge in [0.25, 0.3) is 0 Å². The molecule has 1 fully saturated rings. The van der Waals surface area contributed by atoms with E-state index in [0.29, 0.717) is 5.92 Å². The summed E-state index contributed by atoms with van der Waals surface area (Å²) in [5.74, 6) is 1.56. The summed E-state index contributed by atoms with van der Waals surface area (Å²) in [6, 6.07) is 8.12. The van der Waals surface area contributed by atoms with Crippen LogP contribution in [0.1, 0.15) is 25.3 Å². The fourth-order valence-electron chi connectivity index (χ4n) is 2.11. The third-order valence-corrected chi connectivity index (χ3v) is 3.27. The van der Waals surface area contributed by atoms with Crippen molar-refractivity contribution in [3.8, 4) is 5.75 Å². The largest absolute Gasteiger partial charge is 0.497 e. The van der Waals surface area contributed by atoms with Crippen molar-refractivity contribution in [3.05, 3.63) is 29.8 Å². The maximum absolute atomic E-state index is 6.27. The molecule has 0 heterocycles. The topological polar surface area (TPSA) is 35.2 Å². The summed E-state index contributed by atoms with van der Waals surface area (Å²) in [5, 5.41) is 0. The number of methoxy groups -OCH3 is 1. The fraction of sp³-hybridized carbons (Fsp3) is 0.500. The van der Waals surface area contributed by atoms with Crippen LogP contribution in [0.3, 0.4) is 0 Å². The Morgan fingerprint density at radius 3 is 2.50 bits per heavy atom. The Labute approximate surface area is 85.1 Å². The lowest BCUT2D eigenvalue weighted by Gasteiger charge is -2.11. The standard InChI is InChI=1S/C12H17NO/c1-3-9-8-12(9,13)10-4-6-11(14-2)7-5-10/h4-7,9H,3,8,13H2,1-2H3. The van der Waals surface area contributed by atoms with E-state index in [2.05, 4.69) is 19.1 Å². The number of nitrogens with two attached hydrogens (primary N) is 1. The smallest absolute Gasteiger partial charge is 0.118 e. The first kappa shape index (κ1) is 9.53. The summed E-state index contributed by atoms with van der Waals surface area (Å²) in [4.78, 5) is 0. The molecule has 2 rings (SSSR count). The molecule has 1 aromatic rings. The second kappa shape index (κ2) is 3.28. The van der Waals surface area contributed by atoms with Crippen molar-refractivity contribution in [1.82, 2.24) is 0 Å². The van der Waals surface area contributed by atoms with Gasteiger partial charge in [-0.05, 0) is 30.0 Å². The molecular weight excluding hydrogens is 174 g/mol. The van der Waals surface area contributed by atoms with Crippen LogP contribution in [0.2, 0.25) is 0 Å². The average molecular weight is 191 g/mol. The quantitative estimate of drug-likeness (QED) is 0.795. The highest BCUT2D eigenvalue weighted by Crippen LogP contribution is 2.51. The molecule has 0 saturated heterocycles. The van der Waals surface area contributed by atoms with Crippen LogP contribution in [-0.4, -0.2) is 7.11 Å². The monoisotopic (exact) mass is 191 g/mol. The molecule has 0 spiro atoms. The lowest BCUT2D eigenvalue weighted by molar-refractivity contribution is 0.414. The van der Waals surface area contributed by atoms with E-state index >= 15 is 0 Å². The Bertz CT molecular complexity index is 320. The SMILES string of the molecule is CCC1CC1(N)c1ccc(OC)cc1.